The molecule has 2 aliphatic carbocycles. The van der Waals surface area contributed by atoms with Gasteiger partial charge in [0, 0.05) is 11.6 Å². The minimum absolute atomic E-state index is 0.147. The molecule has 0 spiro atoms. The highest BCUT2D eigenvalue weighted by molar-refractivity contribution is 5.48. The molecule has 0 saturated carbocycles. The molecule has 23 heavy (non-hydrogen) atoms. The molecule has 0 amide bonds. The third-order valence-corrected chi connectivity index (χ3v) is 5.91. The molecule has 1 atom stereocenters. The zero-order valence-corrected chi connectivity index (χ0v) is 16.1. The minimum Gasteiger partial charge on any atom is -0.204 e. The molecule has 0 N–H and O–H groups in total. The molecule has 1 nitrogen and oxygen atoms in total. The maximum atomic E-state index is 2.43. The molecule has 1 heteroatoms. The third-order valence-electron chi connectivity index (χ3n) is 5.91. The zero-order chi connectivity index (χ0) is 17.2. The normalized spacial score (nSPS) is 26.8. The Morgan fingerprint density at radius 1 is 1.04 bits per heavy atom. The monoisotopic (exact) mass is 310 g/mol. The van der Waals surface area contributed by atoms with Crippen molar-refractivity contribution in [2.45, 2.75) is 71.6 Å². The van der Waals surface area contributed by atoms with Gasteiger partial charge in [-0.2, -0.15) is 0 Å². The maximum absolute atomic E-state index is 2.43. The van der Waals surface area contributed by atoms with Crippen LogP contribution in [0.25, 0.3) is 0 Å². The van der Waals surface area contributed by atoms with Gasteiger partial charge >= 0.3 is 0 Å². The van der Waals surface area contributed by atoms with Crippen LogP contribution < -0.4 is 4.57 Å². The van der Waals surface area contributed by atoms with Crippen LogP contribution in [0.4, 0.5) is 0 Å². The lowest BCUT2D eigenvalue weighted by Crippen LogP contribution is -2.41. The van der Waals surface area contributed by atoms with Crippen LogP contribution in [0.5, 0.6) is 0 Å². The summed E-state index contributed by atoms with van der Waals surface area (Å²) in [6.45, 7) is 16.6. The smallest absolute Gasteiger partial charge is 0.192 e. The zero-order valence-electron chi connectivity index (χ0n) is 16.1. The Morgan fingerprint density at radius 3 is 2.30 bits per heavy atom. The number of nitrogens with zero attached hydrogens (tertiary/aromatic N) is 1. The average Bonchev–Trinajstić information content (AvgIpc) is 2.55. The lowest BCUT2D eigenvalue weighted by Gasteiger charge is -2.33. The Labute approximate surface area is 142 Å². The molecule has 2 aliphatic rings. The summed E-state index contributed by atoms with van der Waals surface area (Å²) in [5.41, 5.74) is 6.65. The van der Waals surface area contributed by atoms with Crippen molar-refractivity contribution in [2.24, 2.45) is 12.5 Å². The molecule has 3 rings (SSSR count). The predicted octanol–water partition coefficient (Wildman–Crippen LogP) is 5.10. The number of pyridine rings is 1. The highest BCUT2D eigenvalue weighted by Crippen LogP contribution is 2.53. The van der Waals surface area contributed by atoms with E-state index in [2.05, 4.69) is 90.6 Å². The van der Waals surface area contributed by atoms with Gasteiger partial charge in [0.25, 0.3) is 0 Å². The van der Waals surface area contributed by atoms with Crippen LogP contribution in [0.3, 0.4) is 0 Å². The number of allylic oxidation sites excluding steroid dienone is 4. The largest absolute Gasteiger partial charge is 0.204 e. The van der Waals surface area contributed by atoms with E-state index in [0.717, 1.165) is 0 Å². The molecule has 0 saturated heterocycles. The Balaban J connectivity index is 2.27. The van der Waals surface area contributed by atoms with Gasteiger partial charge in [-0.15, -0.1) is 0 Å². The Hall–Kier alpha value is -1.37. The van der Waals surface area contributed by atoms with Gasteiger partial charge in [0.1, 0.15) is 7.05 Å². The summed E-state index contributed by atoms with van der Waals surface area (Å²) >= 11 is 0. The Kier molecular flexibility index (Phi) is 3.45. The standard InChI is InChI=1S/C22H32N/c1-15-9-10-17(20(2,3)13-15)19-18-16(11-12-23(19)8)21(4,5)14-22(18,6)7/h9-13,17H,14H2,1-8H3/q+1. The second-order valence-corrected chi connectivity index (χ2v) is 9.59. The van der Waals surface area contributed by atoms with E-state index >= 15 is 0 Å². The summed E-state index contributed by atoms with van der Waals surface area (Å²) in [6.07, 6.45) is 10.6. The van der Waals surface area contributed by atoms with Crippen molar-refractivity contribution in [1.29, 1.82) is 0 Å². The highest BCUT2D eigenvalue weighted by Gasteiger charge is 2.49. The number of rotatable bonds is 1. The summed E-state index contributed by atoms with van der Waals surface area (Å²) < 4.78 is 2.37. The molecule has 0 aromatic carbocycles. The van der Waals surface area contributed by atoms with E-state index in [1.807, 2.05) is 0 Å². The van der Waals surface area contributed by atoms with Crippen LogP contribution in [0.1, 0.15) is 77.6 Å². The van der Waals surface area contributed by atoms with Gasteiger partial charge in [-0.1, -0.05) is 65.3 Å². The number of aryl methyl sites for hydroxylation is 1. The van der Waals surface area contributed by atoms with Crippen LogP contribution in [0.15, 0.2) is 36.1 Å². The quantitative estimate of drug-likeness (QED) is 0.636. The minimum atomic E-state index is 0.147. The van der Waals surface area contributed by atoms with E-state index in [4.69, 9.17) is 0 Å². The van der Waals surface area contributed by atoms with E-state index in [1.165, 1.54) is 17.7 Å². The van der Waals surface area contributed by atoms with E-state index in [0.29, 0.717) is 5.92 Å². The van der Waals surface area contributed by atoms with Gasteiger partial charge in [-0.25, -0.2) is 4.57 Å². The third kappa shape index (κ3) is 2.49. The molecule has 0 bridgehead atoms. The van der Waals surface area contributed by atoms with E-state index < -0.39 is 0 Å². The first-order chi connectivity index (χ1) is 10.5. The Bertz CT molecular complexity index is 714. The summed E-state index contributed by atoms with van der Waals surface area (Å²) in [5.74, 6) is 0.430. The molecular formula is C22H32N+. The van der Waals surface area contributed by atoms with E-state index in [-0.39, 0.29) is 16.2 Å². The van der Waals surface area contributed by atoms with Gasteiger partial charge < -0.3 is 0 Å². The lowest BCUT2D eigenvalue weighted by atomic mass is 9.69. The van der Waals surface area contributed by atoms with Gasteiger partial charge in [0.2, 0.25) is 0 Å². The summed E-state index contributed by atoms with van der Waals surface area (Å²) in [7, 11) is 2.21. The van der Waals surface area contributed by atoms with Crippen LogP contribution in [-0.2, 0) is 17.9 Å². The first-order valence-corrected chi connectivity index (χ1v) is 8.87. The number of fused-ring (bicyclic) bond motifs is 1. The Morgan fingerprint density at radius 2 is 1.70 bits per heavy atom. The summed E-state index contributed by atoms with van der Waals surface area (Å²) in [5, 5.41) is 0. The fraction of sp³-hybridized carbons (Fsp3) is 0.591. The van der Waals surface area contributed by atoms with Crippen molar-refractivity contribution in [1.82, 2.24) is 0 Å². The van der Waals surface area contributed by atoms with Gasteiger partial charge in [-0.05, 0) is 35.2 Å². The van der Waals surface area contributed by atoms with Crippen molar-refractivity contribution >= 4 is 0 Å². The van der Waals surface area contributed by atoms with Gasteiger partial charge in [0.15, 0.2) is 11.9 Å². The first-order valence-electron chi connectivity index (χ1n) is 8.87. The molecular weight excluding hydrogens is 278 g/mol. The highest BCUT2D eigenvalue weighted by atomic mass is 14.9. The molecule has 0 fully saturated rings. The predicted molar refractivity (Wildman–Crippen MR) is 97.7 cm³/mol. The SMILES string of the molecule is CC1=CC(C)(C)C(c2c3c(cc[n+]2C)C(C)(C)CC3(C)C)C=C1. The van der Waals surface area contributed by atoms with Crippen molar-refractivity contribution in [3.63, 3.8) is 0 Å². The fourth-order valence-corrected chi connectivity index (χ4v) is 5.27. The van der Waals surface area contributed by atoms with E-state index in [9.17, 15) is 0 Å². The molecule has 1 aromatic heterocycles. The van der Waals surface area contributed by atoms with Crippen LogP contribution >= 0.6 is 0 Å². The molecule has 0 aliphatic heterocycles. The van der Waals surface area contributed by atoms with Crippen molar-refractivity contribution < 1.29 is 4.57 Å². The average molecular weight is 311 g/mol. The maximum Gasteiger partial charge on any atom is 0.192 e. The van der Waals surface area contributed by atoms with Crippen LogP contribution in [-0.4, -0.2) is 0 Å². The van der Waals surface area contributed by atoms with Crippen LogP contribution in [0.2, 0.25) is 0 Å². The second-order valence-electron chi connectivity index (χ2n) is 9.59. The number of aromatic nitrogens is 1. The number of hydrogen-bond acceptors (Lipinski definition) is 0. The fourth-order valence-electron chi connectivity index (χ4n) is 5.27. The van der Waals surface area contributed by atoms with Crippen molar-refractivity contribution in [2.75, 3.05) is 0 Å². The molecule has 124 valence electrons. The van der Waals surface area contributed by atoms with Crippen LogP contribution in [0, 0.1) is 5.41 Å². The summed E-state index contributed by atoms with van der Waals surface area (Å²) in [6, 6.07) is 2.36. The molecule has 0 radical (unpaired) electrons. The molecule has 1 heterocycles. The van der Waals surface area contributed by atoms with Crippen molar-refractivity contribution in [3.05, 3.63) is 52.9 Å². The first kappa shape index (κ1) is 16.5. The van der Waals surface area contributed by atoms with Gasteiger partial charge in [-0.3, -0.25) is 0 Å². The molecule has 1 aromatic rings. The number of hydrogen-bond donors (Lipinski definition) is 0. The second kappa shape index (κ2) is 4.82. The summed E-state index contributed by atoms with van der Waals surface area (Å²) in [4.78, 5) is 0. The lowest BCUT2D eigenvalue weighted by molar-refractivity contribution is -0.681. The van der Waals surface area contributed by atoms with Crippen molar-refractivity contribution in [3.8, 4) is 0 Å². The topological polar surface area (TPSA) is 3.88 Å². The van der Waals surface area contributed by atoms with Gasteiger partial charge in [0.05, 0.1) is 5.92 Å². The van der Waals surface area contributed by atoms with E-state index in [1.54, 1.807) is 11.1 Å². The molecule has 1 unspecified atom stereocenters.